The Morgan fingerprint density at radius 1 is 1.32 bits per heavy atom. The standard InChI is InChI=1S/C20H25N3O2/c1-14-11-17(25-3)6-7-18(14)16-5-4-10-23(13-16)20(24)15-8-9-22-19(12-15)21-2/h6-9,11-12,16H,4-5,10,13H2,1-3H3,(H,21,22). The second kappa shape index (κ2) is 7.55. The molecule has 2 heterocycles. The van der Waals surface area contributed by atoms with E-state index in [-0.39, 0.29) is 5.91 Å². The fourth-order valence-electron chi connectivity index (χ4n) is 3.53. The molecule has 5 heteroatoms. The maximum Gasteiger partial charge on any atom is 0.254 e. The van der Waals surface area contributed by atoms with Gasteiger partial charge in [-0.25, -0.2) is 4.98 Å². The number of pyridine rings is 1. The van der Waals surface area contributed by atoms with E-state index >= 15 is 0 Å². The van der Waals surface area contributed by atoms with Gasteiger partial charge in [0.2, 0.25) is 0 Å². The fourth-order valence-corrected chi connectivity index (χ4v) is 3.53. The van der Waals surface area contributed by atoms with E-state index in [1.807, 2.05) is 17.0 Å². The van der Waals surface area contributed by atoms with Crippen LogP contribution in [0.3, 0.4) is 0 Å². The molecule has 5 nitrogen and oxygen atoms in total. The highest BCUT2D eigenvalue weighted by molar-refractivity contribution is 5.95. The molecule has 1 fully saturated rings. The number of piperidine rings is 1. The normalized spacial score (nSPS) is 17.2. The average Bonchev–Trinajstić information content (AvgIpc) is 2.67. The number of aromatic nitrogens is 1. The van der Waals surface area contributed by atoms with Crippen LogP contribution in [-0.2, 0) is 0 Å². The highest BCUT2D eigenvalue weighted by atomic mass is 16.5. The van der Waals surface area contributed by atoms with Gasteiger partial charge in [-0.1, -0.05) is 6.07 Å². The SMILES string of the molecule is CNc1cc(C(=O)N2CCCC(c3ccc(OC)cc3C)C2)ccn1. The lowest BCUT2D eigenvalue weighted by atomic mass is 9.87. The van der Waals surface area contributed by atoms with E-state index in [4.69, 9.17) is 4.74 Å². The van der Waals surface area contributed by atoms with E-state index in [2.05, 4.69) is 29.4 Å². The van der Waals surface area contributed by atoms with Gasteiger partial charge >= 0.3 is 0 Å². The number of hydrogen-bond acceptors (Lipinski definition) is 4. The third-order valence-electron chi connectivity index (χ3n) is 4.89. The molecular formula is C20H25N3O2. The number of benzene rings is 1. The van der Waals surface area contributed by atoms with Gasteiger partial charge in [-0.2, -0.15) is 0 Å². The number of methoxy groups -OCH3 is 1. The first-order valence-electron chi connectivity index (χ1n) is 8.70. The summed E-state index contributed by atoms with van der Waals surface area (Å²) in [6.07, 6.45) is 3.80. The minimum Gasteiger partial charge on any atom is -0.497 e. The van der Waals surface area contributed by atoms with Crippen LogP contribution in [0.15, 0.2) is 36.5 Å². The Hall–Kier alpha value is -2.56. The first-order chi connectivity index (χ1) is 12.1. The lowest BCUT2D eigenvalue weighted by molar-refractivity contribution is 0.0707. The maximum atomic E-state index is 12.9. The Balaban J connectivity index is 1.77. The molecule has 1 amide bonds. The lowest BCUT2D eigenvalue weighted by Crippen LogP contribution is -2.39. The van der Waals surface area contributed by atoms with E-state index in [1.165, 1.54) is 11.1 Å². The number of aryl methyl sites for hydroxylation is 1. The van der Waals surface area contributed by atoms with Crippen LogP contribution in [-0.4, -0.2) is 43.0 Å². The Bertz CT molecular complexity index is 760. The van der Waals surface area contributed by atoms with Gasteiger partial charge in [0.05, 0.1) is 7.11 Å². The van der Waals surface area contributed by atoms with Gasteiger partial charge in [0, 0.05) is 37.8 Å². The van der Waals surface area contributed by atoms with Gasteiger partial charge in [0.1, 0.15) is 11.6 Å². The van der Waals surface area contributed by atoms with Crippen molar-refractivity contribution in [2.24, 2.45) is 0 Å². The van der Waals surface area contributed by atoms with Crippen molar-refractivity contribution in [1.82, 2.24) is 9.88 Å². The van der Waals surface area contributed by atoms with Crippen molar-refractivity contribution in [3.05, 3.63) is 53.2 Å². The zero-order valence-corrected chi connectivity index (χ0v) is 15.1. The second-order valence-corrected chi connectivity index (χ2v) is 6.49. The Morgan fingerprint density at radius 2 is 2.16 bits per heavy atom. The number of carbonyl (C=O) groups excluding carboxylic acids is 1. The van der Waals surface area contributed by atoms with Gasteiger partial charge in [0.15, 0.2) is 0 Å². The fraction of sp³-hybridized carbons (Fsp3) is 0.400. The van der Waals surface area contributed by atoms with E-state index in [0.29, 0.717) is 17.3 Å². The molecule has 0 radical (unpaired) electrons. The van der Waals surface area contributed by atoms with Gasteiger partial charge in [-0.3, -0.25) is 4.79 Å². The number of ether oxygens (including phenoxy) is 1. The monoisotopic (exact) mass is 339 g/mol. The van der Waals surface area contributed by atoms with E-state index < -0.39 is 0 Å². The minimum absolute atomic E-state index is 0.0785. The summed E-state index contributed by atoms with van der Waals surface area (Å²) in [4.78, 5) is 19.0. The predicted molar refractivity (Wildman–Crippen MR) is 99.4 cm³/mol. The number of amides is 1. The molecule has 1 aliphatic heterocycles. The van der Waals surface area contributed by atoms with Crippen molar-refractivity contribution in [1.29, 1.82) is 0 Å². The molecule has 1 aromatic carbocycles. The molecule has 2 aromatic rings. The molecule has 1 saturated heterocycles. The molecule has 1 N–H and O–H groups in total. The summed E-state index contributed by atoms with van der Waals surface area (Å²) < 4.78 is 5.30. The maximum absolute atomic E-state index is 12.9. The van der Waals surface area contributed by atoms with Crippen LogP contribution in [0.4, 0.5) is 5.82 Å². The number of rotatable bonds is 4. The summed E-state index contributed by atoms with van der Waals surface area (Å²) in [5, 5.41) is 2.98. The van der Waals surface area contributed by atoms with Crippen LogP contribution >= 0.6 is 0 Å². The van der Waals surface area contributed by atoms with Gasteiger partial charge in [-0.05, 0) is 55.2 Å². The third-order valence-corrected chi connectivity index (χ3v) is 4.89. The van der Waals surface area contributed by atoms with Crippen molar-refractivity contribution in [2.45, 2.75) is 25.7 Å². The molecule has 1 aromatic heterocycles. The molecule has 1 aliphatic rings. The van der Waals surface area contributed by atoms with E-state index in [9.17, 15) is 4.79 Å². The summed E-state index contributed by atoms with van der Waals surface area (Å²) in [6.45, 7) is 3.67. The van der Waals surface area contributed by atoms with E-state index in [0.717, 1.165) is 31.7 Å². The van der Waals surface area contributed by atoms with Crippen LogP contribution in [0.2, 0.25) is 0 Å². The zero-order chi connectivity index (χ0) is 17.8. The molecule has 0 spiro atoms. The number of nitrogens with zero attached hydrogens (tertiary/aromatic N) is 2. The quantitative estimate of drug-likeness (QED) is 0.927. The number of carbonyl (C=O) groups is 1. The molecule has 0 saturated carbocycles. The zero-order valence-electron chi connectivity index (χ0n) is 15.1. The summed E-state index contributed by atoms with van der Waals surface area (Å²) in [7, 11) is 3.49. The molecule has 1 atom stereocenters. The number of likely N-dealkylation sites (tertiary alicyclic amines) is 1. The Labute approximate surface area is 149 Å². The summed E-state index contributed by atoms with van der Waals surface area (Å²) >= 11 is 0. The predicted octanol–water partition coefficient (Wildman–Crippen LogP) is 3.46. The van der Waals surface area contributed by atoms with Crippen molar-refractivity contribution in [3.8, 4) is 5.75 Å². The minimum atomic E-state index is 0.0785. The summed E-state index contributed by atoms with van der Waals surface area (Å²) in [5.41, 5.74) is 3.22. The topological polar surface area (TPSA) is 54.5 Å². The number of anilines is 1. The highest BCUT2D eigenvalue weighted by Crippen LogP contribution is 2.31. The third kappa shape index (κ3) is 3.76. The molecule has 0 aliphatic carbocycles. The molecule has 25 heavy (non-hydrogen) atoms. The van der Waals surface area contributed by atoms with Crippen molar-refractivity contribution in [3.63, 3.8) is 0 Å². The first-order valence-corrected chi connectivity index (χ1v) is 8.70. The molecule has 0 bridgehead atoms. The summed E-state index contributed by atoms with van der Waals surface area (Å²) in [6, 6.07) is 9.80. The largest absolute Gasteiger partial charge is 0.497 e. The highest BCUT2D eigenvalue weighted by Gasteiger charge is 2.26. The lowest BCUT2D eigenvalue weighted by Gasteiger charge is -2.34. The van der Waals surface area contributed by atoms with Gasteiger partial charge in [0.25, 0.3) is 5.91 Å². The number of hydrogen-bond donors (Lipinski definition) is 1. The Morgan fingerprint density at radius 3 is 2.88 bits per heavy atom. The van der Waals surface area contributed by atoms with Crippen LogP contribution in [0.1, 0.15) is 40.2 Å². The Kier molecular flexibility index (Phi) is 5.22. The van der Waals surface area contributed by atoms with Crippen LogP contribution in [0.5, 0.6) is 5.75 Å². The molecular weight excluding hydrogens is 314 g/mol. The van der Waals surface area contributed by atoms with Gasteiger partial charge in [-0.15, -0.1) is 0 Å². The molecule has 132 valence electrons. The van der Waals surface area contributed by atoms with Crippen molar-refractivity contribution >= 4 is 11.7 Å². The van der Waals surface area contributed by atoms with E-state index in [1.54, 1.807) is 26.4 Å². The summed E-state index contributed by atoms with van der Waals surface area (Å²) in [5.74, 6) is 2.04. The van der Waals surface area contributed by atoms with Crippen LogP contribution in [0, 0.1) is 6.92 Å². The second-order valence-electron chi connectivity index (χ2n) is 6.49. The first kappa shape index (κ1) is 17.3. The average molecular weight is 339 g/mol. The molecule has 3 rings (SSSR count). The van der Waals surface area contributed by atoms with Crippen molar-refractivity contribution < 1.29 is 9.53 Å². The van der Waals surface area contributed by atoms with Crippen LogP contribution < -0.4 is 10.1 Å². The smallest absolute Gasteiger partial charge is 0.254 e. The van der Waals surface area contributed by atoms with Crippen LogP contribution in [0.25, 0.3) is 0 Å². The van der Waals surface area contributed by atoms with Gasteiger partial charge < -0.3 is 15.0 Å². The number of nitrogens with one attached hydrogen (secondary N) is 1. The van der Waals surface area contributed by atoms with Crippen molar-refractivity contribution in [2.75, 3.05) is 32.6 Å². The molecule has 1 unspecified atom stereocenters.